The van der Waals surface area contributed by atoms with Gasteiger partial charge in [0.25, 0.3) is 0 Å². The van der Waals surface area contributed by atoms with E-state index in [1.165, 1.54) is 46.9 Å². The Hall–Kier alpha value is -2.51. The van der Waals surface area contributed by atoms with Crippen molar-refractivity contribution in [3.63, 3.8) is 0 Å². The fourth-order valence-electron chi connectivity index (χ4n) is 4.31. The number of methoxy groups -OCH3 is 2. The molecular formula is C26H38FIN6O3. The lowest BCUT2D eigenvalue weighted by atomic mass is 10.1. The number of aryl methyl sites for hydroxylation is 1. The lowest BCUT2D eigenvalue weighted by Gasteiger charge is -2.31. The van der Waals surface area contributed by atoms with Gasteiger partial charge >= 0.3 is 0 Å². The number of hydrogen-bond acceptors (Lipinski definition) is 7. The SMILES string of the molecule is CCN1CCN(C)CC1.COc1ncc(F)c(OC)c1-c1cc2cc(NC(=O)C3CC3)ncc2n1C.I.[HH]. The van der Waals surface area contributed by atoms with Crippen LogP contribution in [0.3, 0.4) is 0 Å². The Morgan fingerprint density at radius 2 is 1.81 bits per heavy atom. The van der Waals surface area contributed by atoms with Gasteiger partial charge in [-0.05, 0) is 38.6 Å². The molecule has 0 radical (unpaired) electrons. The van der Waals surface area contributed by atoms with Crippen LogP contribution in [0.4, 0.5) is 10.2 Å². The van der Waals surface area contributed by atoms with E-state index in [1.54, 1.807) is 12.3 Å². The number of carbonyl (C=O) groups is 1. The first-order valence-electron chi connectivity index (χ1n) is 12.3. The van der Waals surface area contributed by atoms with E-state index in [4.69, 9.17) is 9.47 Å². The summed E-state index contributed by atoms with van der Waals surface area (Å²) in [4.78, 5) is 25.2. The molecule has 0 atom stereocenters. The maximum atomic E-state index is 14.2. The van der Waals surface area contributed by atoms with Gasteiger partial charge in [-0.2, -0.15) is 0 Å². The molecular weight excluding hydrogens is 590 g/mol. The molecule has 1 saturated heterocycles. The molecule has 1 N–H and O–H groups in total. The van der Waals surface area contributed by atoms with Crippen LogP contribution < -0.4 is 14.8 Å². The van der Waals surface area contributed by atoms with Gasteiger partial charge in [-0.25, -0.2) is 14.4 Å². The van der Waals surface area contributed by atoms with Gasteiger partial charge in [-0.15, -0.1) is 24.0 Å². The highest BCUT2D eigenvalue weighted by molar-refractivity contribution is 14.0. The summed E-state index contributed by atoms with van der Waals surface area (Å²) in [7, 11) is 6.90. The number of nitrogens with zero attached hydrogens (tertiary/aromatic N) is 5. The Bertz CT molecular complexity index is 1230. The Morgan fingerprint density at radius 3 is 2.41 bits per heavy atom. The second-order valence-corrected chi connectivity index (χ2v) is 9.24. The molecule has 9 nitrogen and oxygen atoms in total. The normalized spacial score (nSPS) is 15.9. The van der Waals surface area contributed by atoms with Gasteiger partial charge in [-0.1, -0.05) is 6.92 Å². The number of nitrogens with one attached hydrogen (secondary N) is 1. The molecule has 5 rings (SSSR count). The molecule has 4 heterocycles. The van der Waals surface area contributed by atoms with Crippen molar-refractivity contribution >= 4 is 46.6 Å². The molecule has 3 aromatic rings. The molecule has 1 aliphatic heterocycles. The standard InChI is InChI=1S/C19H19FN4O3.C7H16N2.HI.H2/c1-24-13(16-17(26-2)12(20)8-22-19(16)27-3)6-11-7-15(21-9-14(11)24)23-18(25)10-4-5-10;1-3-9-6-4-8(2)5-7-9;;/h6-10H,4-5H2,1-3H3,(H,21,23,25);3-7H2,1-2H3;2*1H. The Morgan fingerprint density at radius 1 is 1.11 bits per heavy atom. The molecule has 2 aliphatic rings. The first-order valence-corrected chi connectivity index (χ1v) is 12.3. The first kappa shape index (κ1) is 29.1. The van der Waals surface area contributed by atoms with Gasteiger partial charge in [0.05, 0.1) is 37.8 Å². The van der Waals surface area contributed by atoms with Crippen molar-refractivity contribution in [1.29, 1.82) is 0 Å². The first-order chi connectivity index (χ1) is 17.4. The second-order valence-electron chi connectivity index (χ2n) is 9.24. The smallest absolute Gasteiger partial charge is 0.228 e. The molecule has 11 heteroatoms. The Balaban J connectivity index is 0.000000395. The summed E-state index contributed by atoms with van der Waals surface area (Å²) in [5.41, 5.74) is 1.91. The predicted octanol–water partition coefficient (Wildman–Crippen LogP) is 4.26. The number of carbonyl (C=O) groups excluding carboxylic acids is 1. The van der Waals surface area contributed by atoms with Crippen LogP contribution >= 0.6 is 24.0 Å². The average Bonchev–Trinajstić information content (AvgIpc) is 3.69. The number of anilines is 1. The number of rotatable bonds is 6. The van der Waals surface area contributed by atoms with Crippen LogP contribution in [-0.4, -0.2) is 84.2 Å². The molecule has 204 valence electrons. The number of halogens is 2. The highest BCUT2D eigenvalue weighted by Gasteiger charge is 2.30. The van der Waals surface area contributed by atoms with Crippen LogP contribution in [0.15, 0.2) is 24.5 Å². The molecule has 0 bridgehead atoms. The minimum atomic E-state index is -0.575. The van der Waals surface area contributed by atoms with Crippen molar-refractivity contribution in [1.82, 2.24) is 24.3 Å². The molecule has 0 unspecified atom stereocenters. The van der Waals surface area contributed by atoms with Crippen LogP contribution in [0.25, 0.3) is 22.2 Å². The quantitative estimate of drug-likeness (QED) is 0.409. The maximum Gasteiger partial charge on any atom is 0.228 e. The number of amides is 1. The molecule has 0 spiro atoms. The lowest BCUT2D eigenvalue weighted by molar-refractivity contribution is -0.117. The average molecular weight is 629 g/mol. The number of pyridine rings is 2. The molecule has 3 aromatic heterocycles. The van der Waals surface area contributed by atoms with Gasteiger partial charge < -0.3 is 29.2 Å². The highest BCUT2D eigenvalue weighted by Crippen LogP contribution is 2.40. The van der Waals surface area contributed by atoms with Gasteiger partial charge in [0.2, 0.25) is 11.8 Å². The number of aromatic nitrogens is 3. The van der Waals surface area contributed by atoms with E-state index in [0.29, 0.717) is 17.1 Å². The maximum absolute atomic E-state index is 14.2. The Kier molecular flexibility index (Phi) is 10.1. The zero-order chi connectivity index (χ0) is 25.8. The van der Waals surface area contributed by atoms with Crippen LogP contribution in [0.5, 0.6) is 11.6 Å². The monoisotopic (exact) mass is 628 g/mol. The van der Waals surface area contributed by atoms with Crippen molar-refractivity contribution in [2.45, 2.75) is 19.8 Å². The van der Waals surface area contributed by atoms with Gasteiger partial charge in [0, 0.05) is 46.0 Å². The molecule has 37 heavy (non-hydrogen) atoms. The van der Waals surface area contributed by atoms with Crippen molar-refractivity contribution < 1.29 is 20.1 Å². The second kappa shape index (κ2) is 12.8. The summed E-state index contributed by atoms with van der Waals surface area (Å²) in [6.07, 6.45) is 4.59. The molecule has 1 amide bonds. The largest absolute Gasteiger partial charge is 0.493 e. The summed E-state index contributed by atoms with van der Waals surface area (Å²) in [5, 5.41) is 3.69. The van der Waals surface area contributed by atoms with E-state index in [2.05, 4.69) is 39.1 Å². The minimum absolute atomic E-state index is 0. The van der Waals surface area contributed by atoms with E-state index < -0.39 is 5.82 Å². The lowest BCUT2D eigenvalue weighted by Crippen LogP contribution is -2.44. The summed E-state index contributed by atoms with van der Waals surface area (Å²) in [5.74, 6) is 0.329. The third-order valence-corrected chi connectivity index (χ3v) is 6.78. The summed E-state index contributed by atoms with van der Waals surface area (Å²) in [6, 6.07) is 3.66. The van der Waals surface area contributed by atoms with Crippen LogP contribution in [-0.2, 0) is 11.8 Å². The summed E-state index contributed by atoms with van der Waals surface area (Å²) < 4.78 is 26.6. The molecule has 1 saturated carbocycles. The summed E-state index contributed by atoms with van der Waals surface area (Å²) >= 11 is 0. The minimum Gasteiger partial charge on any atom is -0.493 e. The van der Waals surface area contributed by atoms with Crippen molar-refractivity contribution in [3.05, 3.63) is 30.3 Å². The number of likely N-dealkylation sites (N-methyl/N-ethyl adjacent to an activating group) is 2. The van der Waals surface area contributed by atoms with Crippen LogP contribution in [0.2, 0.25) is 0 Å². The van der Waals surface area contributed by atoms with Crippen molar-refractivity contribution in [2.24, 2.45) is 13.0 Å². The molecule has 0 aromatic carbocycles. The summed E-state index contributed by atoms with van der Waals surface area (Å²) in [6.45, 7) is 8.45. The fourth-order valence-corrected chi connectivity index (χ4v) is 4.31. The molecule has 1 aliphatic carbocycles. The zero-order valence-electron chi connectivity index (χ0n) is 22.1. The van der Waals surface area contributed by atoms with Crippen molar-refractivity contribution in [2.75, 3.05) is 59.3 Å². The van der Waals surface area contributed by atoms with E-state index in [1.807, 2.05) is 17.7 Å². The number of fused-ring (bicyclic) bond motifs is 1. The number of piperazine rings is 1. The Labute approximate surface area is 235 Å². The molecule has 2 fully saturated rings. The third-order valence-electron chi connectivity index (χ3n) is 6.78. The number of ether oxygens (including phenoxy) is 2. The third kappa shape index (κ3) is 6.68. The van der Waals surface area contributed by atoms with Gasteiger partial charge in [-0.3, -0.25) is 4.79 Å². The predicted molar refractivity (Wildman–Crippen MR) is 156 cm³/mol. The van der Waals surface area contributed by atoms with E-state index >= 15 is 0 Å². The topological polar surface area (TPSA) is 84.8 Å². The van der Waals surface area contributed by atoms with Crippen LogP contribution in [0.1, 0.15) is 21.2 Å². The van der Waals surface area contributed by atoms with Crippen LogP contribution in [0, 0.1) is 11.7 Å². The van der Waals surface area contributed by atoms with E-state index in [0.717, 1.165) is 29.9 Å². The van der Waals surface area contributed by atoms with Gasteiger partial charge in [0.1, 0.15) is 11.4 Å². The van der Waals surface area contributed by atoms with Crippen molar-refractivity contribution in [3.8, 4) is 22.9 Å². The van der Waals surface area contributed by atoms with Gasteiger partial charge in [0.15, 0.2) is 11.6 Å². The van der Waals surface area contributed by atoms with E-state index in [9.17, 15) is 9.18 Å². The highest BCUT2D eigenvalue weighted by atomic mass is 127. The fraction of sp³-hybridized carbons (Fsp3) is 0.500. The van der Waals surface area contributed by atoms with E-state index in [-0.39, 0.29) is 48.9 Å². The zero-order valence-corrected chi connectivity index (χ0v) is 24.4. The number of hydrogen-bond donors (Lipinski definition) is 1.